The predicted molar refractivity (Wildman–Crippen MR) is 87.4 cm³/mol. The minimum atomic E-state index is -0.341. The fraction of sp³-hybridized carbons (Fsp3) is 0.400. The Kier molecular flexibility index (Phi) is 4.06. The molecule has 1 aliphatic heterocycles. The molecule has 2 heterocycles. The van der Waals surface area contributed by atoms with E-state index in [0.29, 0.717) is 17.5 Å². The van der Waals surface area contributed by atoms with Gasteiger partial charge in [-0.15, -0.1) is 0 Å². The standard InChI is InChI=1S/C15H17N3O3S/c1-9-15(10(2)21-17-9)11-3-4-13(14(7-11)18(19)20)16-12-5-6-22-8-12/h3-4,7,12,16H,5-6,8H2,1-2H3/t12-/m1/s1. The zero-order valence-electron chi connectivity index (χ0n) is 12.5. The van der Waals surface area contributed by atoms with Crippen molar-refractivity contribution < 1.29 is 9.45 Å². The maximum absolute atomic E-state index is 11.4. The molecular weight excluding hydrogens is 302 g/mol. The Hall–Kier alpha value is -2.02. The molecule has 0 unspecified atom stereocenters. The van der Waals surface area contributed by atoms with Gasteiger partial charge in [0.15, 0.2) is 0 Å². The number of nitrogens with one attached hydrogen (secondary N) is 1. The van der Waals surface area contributed by atoms with Gasteiger partial charge < -0.3 is 9.84 Å². The van der Waals surface area contributed by atoms with E-state index < -0.39 is 0 Å². The third kappa shape index (κ3) is 2.81. The lowest BCUT2D eigenvalue weighted by Gasteiger charge is -2.13. The molecule has 2 aromatic rings. The number of nitro benzene ring substituents is 1. The van der Waals surface area contributed by atoms with Crippen molar-refractivity contribution in [3.8, 4) is 11.1 Å². The van der Waals surface area contributed by atoms with E-state index in [1.54, 1.807) is 12.1 Å². The minimum absolute atomic E-state index is 0.0920. The quantitative estimate of drug-likeness (QED) is 0.682. The van der Waals surface area contributed by atoms with Crippen LogP contribution in [0.4, 0.5) is 11.4 Å². The molecule has 6 nitrogen and oxygen atoms in total. The van der Waals surface area contributed by atoms with Gasteiger partial charge in [0.25, 0.3) is 5.69 Å². The lowest BCUT2D eigenvalue weighted by molar-refractivity contribution is -0.383. The molecule has 1 atom stereocenters. The molecule has 22 heavy (non-hydrogen) atoms. The van der Waals surface area contributed by atoms with Gasteiger partial charge in [-0.05, 0) is 37.7 Å². The smallest absolute Gasteiger partial charge is 0.292 e. The van der Waals surface area contributed by atoms with Gasteiger partial charge in [-0.2, -0.15) is 11.8 Å². The number of nitrogens with zero attached hydrogens (tertiary/aromatic N) is 2. The summed E-state index contributed by atoms with van der Waals surface area (Å²) in [5.74, 6) is 2.76. The molecule has 7 heteroatoms. The Bertz CT molecular complexity index is 689. The summed E-state index contributed by atoms with van der Waals surface area (Å²) in [6.45, 7) is 3.64. The molecule has 0 bridgehead atoms. The third-order valence-electron chi connectivity index (χ3n) is 3.81. The fourth-order valence-corrected chi connectivity index (χ4v) is 3.88. The van der Waals surface area contributed by atoms with Crippen LogP contribution in [0.3, 0.4) is 0 Å². The van der Waals surface area contributed by atoms with Crippen LogP contribution < -0.4 is 5.32 Å². The van der Waals surface area contributed by atoms with Crippen LogP contribution in [-0.2, 0) is 0 Å². The van der Waals surface area contributed by atoms with Crippen LogP contribution in [0.2, 0.25) is 0 Å². The Morgan fingerprint density at radius 2 is 2.27 bits per heavy atom. The molecule has 1 saturated heterocycles. The van der Waals surface area contributed by atoms with E-state index in [2.05, 4.69) is 10.5 Å². The van der Waals surface area contributed by atoms with Gasteiger partial charge in [-0.1, -0.05) is 11.2 Å². The van der Waals surface area contributed by atoms with Crippen LogP contribution in [0, 0.1) is 24.0 Å². The second-order valence-electron chi connectivity index (χ2n) is 5.39. The normalized spacial score (nSPS) is 17.6. The summed E-state index contributed by atoms with van der Waals surface area (Å²) in [7, 11) is 0. The van der Waals surface area contributed by atoms with Gasteiger partial charge in [0, 0.05) is 23.4 Å². The number of rotatable bonds is 4. The van der Waals surface area contributed by atoms with Crippen LogP contribution in [0.25, 0.3) is 11.1 Å². The highest BCUT2D eigenvalue weighted by Crippen LogP contribution is 2.35. The molecule has 1 aliphatic rings. The number of hydrogen-bond acceptors (Lipinski definition) is 6. The number of aryl methyl sites for hydroxylation is 2. The molecule has 0 amide bonds. The average Bonchev–Trinajstić information content (AvgIpc) is 3.10. The van der Waals surface area contributed by atoms with E-state index >= 15 is 0 Å². The van der Waals surface area contributed by atoms with Crippen molar-refractivity contribution in [3.63, 3.8) is 0 Å². The number of hydrogen-bond donors (Lipinski definition) is 1. The lowest BCUT2D eigenvalue weighted by Crippen LogP contribution is -2.18. The van der Waals surface area contributed by atoms with Crippen molar-refractivity contribution in [2.75, 3.05) is 16.8 Å². The Morgan fingerprint density at radius 3 is 2.86 bits per heavy atom. The largest absolute Gasteiger partial charge is 0.376 e. The number of aromatic nitrogens is 1. The monoisotopic (exact) mass is 319 g/mol. The number of anilines is 1. The summed E-state index contributed by atoms with van der Waals surface area (Å²) in [6.07, 6.45) is 1.04. The number of benzene rings is 1. The zero-order chi connectivity index (χ0) is 15.7. The topological polar surface area (TPSA) is 81.2 Å². The summed E-state index contributed by atoms with van der Waals surface area (Å²) in [5.41, 5.74) is 2.99. The van der Waals surface area contributed by atoms with Crippen molar-refractivity contribution in [1.29, 1.82) is 0 Å². The summed E-state index contributed by atoms with van der Waals surface area (Å²) in [4.78, 5) is 11.1. The molecular formula is C15H17N3O3S. The second-order valence-corrected chi connectivity index (χ2v) is 6.54. The highest BCUT2D eigenvalue weighted by atomic mass is 32.2. The van der Waals surface area contributed by atoms with E-state index in [1.807, 2.05) is 31.7 Å². The predicted octanol–water partition coefficient (Wildman–Crippen LogP) is 3.78. The highest BCUT2D eigenvalue weighted by molar-refractivity contribution is 7.99. The Balaban J connectivity index is 1.98. The highest BCUT2D eigenvalue weighted by Gasteiger charge is 2.22. The molecule has 116 valence electrons. The SMILES string of the molecule is Cc1noc(C)c1-c1ccc(N[C@@H]2CCSC2)c([N+](=O)[O-])c1. The van der Waals surface area contributed by atoms with Crippen molar-refractivity contribution in [3.05, 3.63) is 39.8 Å². The molecule has 1 aromatic heterocycles. The van der Waals surface area contributed by atoms with Crippen LogP contribution >= 0.6 is 11.8 Å². The maximum atomic E-state index is 11.4. The van der Waals surface area contributed by atoms with Gasteiger partial charge in [-0.3, -0.25) is 10.1 Å². The van der Waals surface area contributed by atoms with Crippen molar-refractivity contribution >= 4 is 23.1 Å². The maximum Gasteiger partial charge on any atom is 0.292 e. The zero-order valence-corrected chi connectivity index (χ0v) is 13.3. The average molecular weight is 319 g/mol. The summed E-state index contributed by atoms with van der Waals surface area (Å²) in [5, 5.41) is 18.6. The van der Waals surface area contributed by atoms with Gasteiger partial charge in [0.05, 0.1) is 10.6 Å². The van der Waals surface area contributed by atoms with E-state index in [1.165, 1.54) is 0 Å². The molecule has 1 aromatic carbocycles. The molecule has 1 fully saturated rings. The Morgan fingerprint density at radius 1 is 1.45 bits per heavy atom. The van der Waals surface area contributed by atoms with Gasteiger partial charge in [0.2, 0.25) is 0 Å². The molecule has 1 N–H and O–H groups in total. The van der Waals surface area contributed by atoms with Crippen LogP contribution in [0.15, 0.2) is 22.7 Å². The van der Waals surface area contributed by atoms with E-state index in [-0.39, 0.29) is 10.6 Å². The van der Waals surface area contributed by atoms with Gasteiger partial charge in [0.1, 0.15) is 11.4 Å². The third-order valence-corrected chi connectivity index (χ3v) is 4.97. The van der Waals surface area contributed by atoms with E-state index in [9.17, 15) is 10.1 Å². The van der Waals surface area contributed by atoms with Gasteiger partial charge in [-0.25, -0.2) is 0 Å². The van der Waals surface area contributed by atoms with Gasteiger partial charge >= 0.3 is 0 Å². The molecule has 0 saturated carbocycles. The first kappa shape index (κ1) is 14.9. The molecule has 3 rings (SSSR count). The number of nitro groups is 1. The van der Waals surface area contributed by atoms with Crippen LogP contribution in [0.5, 0.6) is 0 Å². The van der Waals surface area contributed by atoms with E-state index in [4.69, 9.17) is 4.52 Å². The summed E-state index contributed by atoms with van der Waals surface area (Å²) >= 11 is 1.87. The number of thioether (sulfide) groups is 1. The first-order valence-corrected chi connectivity index (χ1v) is 8.27. The second kappa shape index (κ2) is 6.00. The summed E-state index contributed by atoms with van der Waals surface area (Å²) < 4.78 is 5.15. The molecule has 0 spiro atoms. The molecule has 0 radical (unpaired) electrons. The Labute approximate surface area is 132 Å². The van der Waals surface area contributed by atoms with Crippen molar-refractivity contribution in [2.45, 2.75) is 26.3 Å². The first-order chi connectivity index (χ1) is 10.6. The van der Waals surface area contributed by atoms with Crippen LogP contribution in [-0.4, -0.2) is 27.6 Å². The minimum Gasteiger partial charge on any atom is -0.376 e. The van der Waals surface area contributed by atoms with Crippen LogP contribution in [0.1, 0.15) is 17.9 Å². The lowest BCUT2D eigenvalue weighted by atomic mass is 10.0. The van der Waals surface area contributed by atoms with Crippen molar-refractivity contribution in [1.82, 2.24) is 5.16 Å². The first-order valence-electron chi connectivity index (χ1n) is 7.12. The molecule has 0 aliphatic carbocycles. The summed E-state index contributed by atoms with van der Waals surface area (Å²) in [6, 6.07) is 5.55. The van der Waals surface area contributed by atoms with Crippen molar-refractivity contribution in [2.24, 2.45) is 0 Å². The fourth-order valence-electron chi connectivity index (χ4n) is 2.72. The van der Waals surface area contributed by atoms with E-state index in [0.717, 1.165) is 34.7 Å².